The van der Waals surface area contributed by atoms with Gasteiger partial charge in [0.25, 0.3) is 0 Å². The summed E-state index contributed by atoms with van der Waals surface area (Å²) in [7, 11) is 0. The van der Waals surface area contributed by atoms with Crippen LogP contribution in [0.2, 0.25) is 0 Å². The summed E-state index contributed by atoms with van der Waals surface area (Å²) >= 11 is 0. The Morgan fingerprint density at radius 3 is 1.51 bits per heavy atom. The van der Waals surface area contributed by atoms with Crippen LogP contribution in [-0.2, 0) is 5.41 Å². The van der Waals surface area contributed by atoms with Gasteiger partial charge in [-0.15, -0.1) is 0 Å². The third-order valence-corrected chi connectivity index (χ3v) is 9.51. The summed E-state index contributed by atoms with van der Waals surface area (Å²) in [6, 6.07) is 56.7. The second kappa shape index (κ2) is 11.5. The maximum atomic E-state index is 13.7. The molecule has 2 heteroatoms. The van der Waals surface area contributed by atoms with Crippen molar-refractivity contribution in [2.45, 2.75) is 19.3 Å². The first-order valence-corrected chi connectivity index (χ1v) is 16.1. The van der Waals surface area contributed by atoms with E-state index in [0.29, 0.717) is 0 Å². The van der Waals surface area contributed by atoms with E-state index in [0.717, 1.165) is 78.1 Å². The van der Waals surface area contributed by atoms with Crippen molar-refractivity contribution in [3.8, 4) is 55.9 Å². The zero-order valence-electron chi connectivity index (χ0n) is 26.4. The molecular weight excluding hydrogens is 571 g/mol. The third kappa shape index (κ3) is 5.09. The quantitative estimate of drug-likeness (QED) is 0.196. The van der Waals surface area contributed by atoms with Gasteiger partial charge in [-0.25, -0.2) is 4.98 Å². The van der Waals surface area contributed by atoms with E-state index in [-0.39, 0.29) is 11.2 Å². The van der Waals surface area contributed by atoms with Crippen molar-refractivity contribution in [3.05, 3.63) is 186 Å². The number of rotatable bonds is 5. The molecule has 1 aliphatic rings. The SMILES string of the molecule is CC1(C)c2ccccc2C(=O)c2cc(-c3ccccc3-c3ccc(-c4cc(-c5ccccc5)cc(-c5ccccc5)n4)cc3)ccc21. The molecule has 0 bridgehead atoms. The van der Waals surface area contributed by atoms with E-state index >= 15 is 0 Å². The summed E-state index contributed by atoms with van der Waals surface area (Å²) in [5, 5.41) is 0. The van der Waals surface area contributed by atoms with E-state index in [2.05, 4.69) is 147 Å². The highest BCUT2D eigenvalue weighted by atomic mass is 16.1. The van der Waals surface area contributed by atoms with Gasteiger partial charge in [0.1, 0.15) is 0 Å². The van der Waals surface area contributed by atoms with Gasteiger partial charge in [0.05, 0.1) is 11.4 Å². The van der Waals surface area contributed by atoms with Crippen LogP contribution in [0.3, 0.4) is 0 Å². The zero-order chi connectivity index (χ0) is 32.0. The number of pyridine rings is 1. The molecule has 6 aromatic carbocycles. The van der Waals surface area contributed by atoms with Crippen molar-refractivity contribution >= 4 is 5.78 Å². The normalized spacial score (nSPS) is 13.1. The summed E-state index contributed by atoms with van der Waals surface area (Å²) < 4.78 is 0. The molecule has 0 radical (unpaired) electrons. The first-order valence-electron chi connectivity index (χ1n) is 16.1. The molecular formula is C45H33NO. The lowest BCUT2D eigenvalue weighted by atomic mass is 9.68. The van der Waals surface area contributed by atoms with Crippen molar-refractivity contribution in [2.75, 3.05) is 0 Å². The van der Waals surface area contributed by atoms with E-state index in [1.54, 1.807) is 0 Å². The summed E-state index contributed by atoms with van der Waals surface area (Å²) in [6.07, 6.45) is 0. The van der Waals surface area contributed by atoms with Gasteiger partial charge in [-0.05, 0) is 62.7 Å². The molecule has 0 amide bonds. The number of ketones is 1. The lowest BCUT2D eigenvalue weighted by molar-refractivity contribution is 0.103. The minimum atomic E-state index is -0.250. The van der Waals surface area contributed by atoms with E-state index in [1.807, 2.05) is 30.3 Å². The van der Waals surface area contributed by atoms with Crippen LogP contribution in [0, 0.1) is 0 Å². The Morgan fingerprint density at radius 2 is 0.851 bits per heavy atom. The number of aromatic nitrogens is 1. The van der Waals surface area contributed by atoms with Crippen molar-refractivity contribution in [1.82, 2.24) is 4.98 Å². The Labute approximate surface area is 276 Å². The van der Waals surface area contributed by atoms with E-state index in [1.165, 1.54) is 0 Å². The highest BCUT2D eigenvalue weighted by Gasteiger charge is 2.36. The van der Waals surface area contributed by atoms with Gasteiger partial charge in [0, 0.05) is 27.7 Å². The van der Waals surface area contributed by atoms with Gasteiger partial charge in [0.15, 0.2) is 5.78 Å². The number of nitrogens with zero attached hydrogens (tertiary/aromatic N) is 1. The van der Waals surface area contributed by atoms with Gasteiger partial charge >= 0.3 is 0 Å². The summed E-state index contributed by atoms with van der Waals surface area (Å²) in [5.74, 6) is 0.0960. The van der Waals surface area contributed by atoms with Gasteiger partial charge in [-0.1, -0.05) is 159 Å². The van der Waals surface area contributed by atoms with Crippen LogP contribution in [-0.4, -0.2) is 10.8 Å². The Balaban J connectivity index is 1.18. The maximum absolute atomic E-state index is 13.7. The number of fused-ring (bicyclic) bond motifs is 2. The van der Waals surface area contributed by atoms with Crippen molar-refractivity contribution in [2.24, 2.45) is 0 Å². The minimum Gasteiger partial charge on any atom is -0.289 e. The molecule has 0 atom stereocenters. The number of hydrogen-bond donors (Lipinski definition) is 0. The molecule has 2 nitrogen and oxygen atoms in total. The number of hydrogen-bond acceptors (Lipinski definition) is 2. The molecule has 1 heterocycles. The number of benzene rings is 6. The van der Waals surface area contributed by atoms with Crippen LogP contribution in [0.5, 0.6) is 0 Å². The first kappa shape index (κ1) is 28.6. The molecule has 8 rings (SSSR count). The maximum Gasteiger partial charge on any atom is 0.193 e. The lowest BCUT2D eigenvalue weighted by Crippen LogP contribution is -2.30. The second-order valence-corrected chi connectivity index (χ2v) is 12.7. The Kier molecular flexibility index (Phi) is 7.00. The van der Waals surface area contributed by atoms with Gasteiger partial charge in [-0.3, -0.25) is 4.79 Å². The predicted octanol–water partition coefficient (Wildman–Crippen LogP) is 11.3. The Morgan fingerprint density at radius 1 is 0.383 bits per heavy atom. The molecule has 0 unspecified atom stereocenters. The van der Waals surface area contributed by atoms with Crippen LogP contribution in [0.1, 0.15) is 40.9 Å². The standard InChI is InChI=1S/C45H33NO/c1-45(2)40-20-12-11-19-38(40)44(47)39-27-34(25-26-41(39)45)37-18-10-9-17-36(37)31-21-23-33(24-22-31)43-29-35(30-13-5-3-6-14-30)28-42(46-43)32-15-7-4-8-16-32/h3-29H,1-2H3. The summed E-state index contributed by atoms with van der Waals surface area (Å²) in [5.41, 5.74) is 14.2. The molecule has 7 aromatic rings. The predicted molar refractivity (Wildman–Crippen MR) is 193 cm³/mol. The summed E-state index contributed by atoms with van der Waals surface area (Å²) in [4.78, 5) is 18.8. The molecule has 0 spiro atoms. The van der Waals surface area contributed by atoms with E-state index in [4.69, 9.17) is 4.98 Å². The zero-order valence-corrected chi connectivity index (χ0v) is 26.4. The molecule has 1 aromatic heterocycles. The monoisotopic (exact) mass is 603 g/mol. The molecule has 0 saturated heterocycles. The Hall–Kier alpha value is -5.86. The molecule has 47 heavy (non-hydrogen) atoms. The molecule has 0 fully saturated rings. The van der Waals surface area contributed by atoms with Crippen LogP contribution < -0.4 is 0 Å². The fourth-order valence-corrected chi connectivity index (χ4v) is 7.00. The average molecular weight is 604 g/mol. The molecule has 224 valence electrons. The Bertz CT molecular complexity index is 2210. The van der Waals surface area contributed by atoms with Crippen LogP contribution in [0.15, 0.2) is 164 Å². The van der Waals surface area contributed by atoms with Gasteiger partial charge in [0.2, 0.25) is 0 Å². The fourth-order valence-electron chi connectivity index (χ4n) is 7.00. The highest BCUT2D eigenvalue weighted by Crippen LogP contribution is 2.43. The number of carbonyl (C=O) groups excluding carboxylic acids is 1. The smallest absolute Gasteiger partial charge is 0.193 e. The second-order valence-electron chi connectivity index (χ2n) is 12.7. The van der Waals surface area contributed by atoms with Crippen LogP contribution in [0.25, 0.3) is 55.9 Å². The van der Waals surface area contributed by atoms with E-state index < -0.39 is 0 Å². The molecule has 0 saturated carbocycles. The first-order chi connectivity index (χ1) is 23.0. The molecule has 1 aliphatic carbocycles. The third-order valence-electron chi connectivity index (χ3n) is 9.51. The fraction of sp³-hybridized carbons (Fsp3) is 0.0667. The van der Waals surface area contributed by atoms with Crippen molar-refractivity contribution in [1.29, 1.82) is 0 Å². The molecule has 0 aliphatic heterocycles. The topological polar surface area (TPSA) is 30.0 Å². The van der Waals surface area contributed by atoms with Crippen LogP contribution >= 0.6 is 0 Å². The van der Waals surface area contributed by atoms with Crippen molar-refractivity contribution < 1.29 is 4.79 Å². The van der Waals surface area contributed by atoms with Crippen LogP contribution in [0.4, 0.5) is 0 Å². The molecule has 0 N–H and O–H groups in total. The summed E-state index contributed by atoms with van der Waals surface area (Å²) in [6.45, 7) is 4.42. The van der Waals surface area contributed by atoms with E-state index in [9.17, 15) is 4.79 Å². The van der Waals surface area contributed by atoms with Gasteiger partial charge < -0.3 is 0 Å². The lowest BCUT2D eigenvalue weighted by Gasteiger charge is -2.34. The largest absolute Gasteiger partial charge is 0.289 e. The van der Waals surface area contributed by atoms with Gasteiger partial charge in [-0.2, -0.15) is 0 Å². The van der Waals surface area contributed by atoms with Crippen molar-refractivity contribution in [3.63, 3.8) is 0 Å². The average Bonchev–Trinajstić information content (AvgIpc) is 3.14. The highest BCUT2D eigenvalue weighted by molar-refractivity contribution is 6.13. The minimum absolute atomic E-state index is 0.0960. The number of carbonyl (C=O) groups is 1.